The second-order valence-electron chi connectivity index (χ2n) is 6.97. The van der Waals surface area contributed by atoms with Gasteiger partial charge >= 0.3 is 0 Å². The predicted octanol–water partition coefficient (Wildman–Crippen LogP) is 4.33. The lowest BCUT2D eigenvalue weighted by atomic mass is 9.97. The Labute approximate surface area is 161 Å². The average molecular weight is 368 g/mol. The van der Waals surface area contributed by atoms with Crippen LogP contribution in [-0.4, -0.2) is 18.9 Å². The van der Waals surface area contributed by atoms with Crippen LogP contribution >= 0.6 is 0 Å². The summed E-state index contributed by atoms with van der Waals surface area (Å²) >= 11 is 0. The van der Waals surface area contributed by atoms with E-state index in [1.807, 2.05) is 49.4 Å². The summed E-state index contributed by atoms with van der Waals surface area (Å²) in [6, 6.07) is 13.0. The fourth-order valence-electron chi connectivity index (χ4n) is 3.05. The predicted molar refractivity (Wildman–Crippen MR) is 108 cm³/mol. The Kier molecular flexibility index (Phi) is 6.99. The van der Waals surface area contributed by atoms with Crippen LogP contribution in [0, 0.1) is 6.92 Å². The van der Waals surface area contributed by atoms with Gasteiger partial charge in [0.2, 0.25) is 11.8 Å². The maximum absolute atomic E-state index is 12.7. The number of hydrogen-bond donors (Lipinski definition) is 2. The number of rotatable bonds is 7. The topological polar surface area (TPSA) is 67.4 Å². The summed E-state index contributed by atoms with van der Waals surface area (Å²) in [5.74, 6) is 0.710. The molecule has 1 unspecified atom stereocenters. The van der Waals surface area contributed by atoms with E-state index < -0.39 is 6.04 Å². The third kappa shape index (κ3) is 5.58. The highest BCUT2D eigenvalue weighted by molar-refractivity contribution is 5.93. The van der Waals surface area contributed by atoms with E-state index in [4.69, 9.17) is 4.74 Å². The lowest BCUT2D eigenvalue weighted by molar-refractivity contribution is -0.120. The number of ether oxygens (including phenoxy) is 1. The molecule has 0 heterocycles. The van der Waals surface area contributed by atoms with Gasteiger partial charge in [0.15, 0.2) is 0 Å². The minimum atomic E-state index is -0.403. The van der Waals surface area contributed by atoms with Gasteiger partial charge in [0.25, 0.3) is 0 Å². The second-order valence-corrected chi connectivity index (χ2v) is 6.97. The first-order valence-corrected chi connectivity index (χ1v) is 9.12. The van der Waals surface area contributed by atoms with Gasteiger partial charge < -0.3 is 15.4 Å². The van der Waals surface area contributed by atoms with Gasteiger partial charge in [-0.1, -0.05) is 44.2 Å². The Bertz CT molecular complexity index is 798. The standard InChI is InChI=1S/C22H28N2O3/c1-14(2)19-8-6-7-15(3)22(19)24-21(26)13-20(23-16(4)25)17-9-11-18(27-5)12-10-17/h6-12,14,20H,13H2,1-5H3,(H,23,25)(H,24,26). The van der Waals surface area contributed by atoms with Gasteiger partial charge in [0, 0.05) is 12.6 Å². The molecule has 1 atom stereocenters. The van der Waals surface area contributed by atoms with E-state index in [0.29, 0.717) is 5.92 Å². The number of amides is 2. The molecule has 0 aliphatic heterocycles. The van der Waals surface area contributed by atoms with Crippen LogP contribution in [0.4, 0.5) is 5.69 Å². The van der Waals surface area contributed by atoms with Crippen molar-refractivity contribution in [2.45, 2.75) is 46.1 Å². The third-order valence-corrected chi connectivity index (χ3v) is 4.48. The maximum atomic E-state index is 12.7. The van der Waals surface area contributed by atoms with Crippen molar-refractivity contribution < 1.29 is 14.3 Å². The molecule has 0 saturated carbocycles. The first-order chi connectivity index (χ1) is 12.8. The first-order valence-electron chi connectivity index (χ1n) is 9.12. The molecule has 2 N–H and O–H groups in total. The lowest BCUT2D eigenvalue weighted by Crippen LogP contribution is -2.30. The largest absolute Gasteiger partial charge is 0.497 e. The zero-order valence-electron chi connectivity index (χ0n) is 16.6. The number of para-hydroxylation sites is 1. The SMILES string of the molecule is COc1ccc(C(CC(=O)Nc2c(C)cccc2C(C)C)NC(C)=O)cc1. The van der Waals surface area contributed by atoms with Crippen molar-refractivity contribution in [2.24, 2.45) is 0 Å². The number of benzene rings is 2. The molecule has 2 aromatic rings. The number of nitrogens with one attached hydrogen (secondary N) is 2. The van der Waals surface area contributed by atoms with Gasteiger partial charge in [-0.25, -0.2) is 0 Å². The normalized spacial score (nSPS) is 11.8. The van der Waals surface area contributed by atoms with Crippen LogP contribution in [0.5, 0.6) is 5.75 Å². The van der Waals surface area contributed by atoms with Crippen molar-refractivity contribution in [3.8, 4) is 5.75 Å². The Morgan fingerprint density at radius 1 is 1.07 bits per heavy atom. The molecule has 2 aromatic carbocycles. The van der Waals surface area contributed by atoms with E-state index in [2.05, 4.69) is 24.5 Å². The molecule has 5 heteroatoms. The molecular formula is C22H28N2O3. The van der Waals surface area contributed by atoms with E-state index in [1.54, 1.807) is 7.11 Å². The summed E-state index contributed by atoms with van der Waals surface area (Å²) in [7, 11) is 1.60. The van der Waals surface area contributed by atoms with Gasteiger partial charge in [-0.15, -0.1) is 0 Å². The first kappa shape index (κ1) is 20.5. The van der Waals surface area contributed by atoms with Gasteiger partial charge in [-0.2, -0.15) is 0 Å². The molecule has 0 radical (unpaired) electrons. The number of methoxy groups -OCH3 is 1. The molecule has 0 bridgehead atoms. The van der Waals surface area contributed by atoms with Gasteiger partial charge in [0.1, 0.15) is 5.75 Å². The van der Waals surface area contributed by atoms with Crippen molar-refractivity contribution in [3.63, 3.8) is 0 Å². The van der Waals surface area contributed by atoms with Crippen molar-refractivity contribution in [1.82, 2.24) is 5.32 Å². The molecule has 0 aromatic heterocycles. The number of aryl methyl sites for hydroxylation is 1. The Balaban J connectivity index is 2.20. The summed E-state index contributed by atoms with van der Waals surface area (Å²) in [5.41, 5.74) is 3.84. The highest BCUT2D eigenvalue weighted by atomic mass is 16.5. The molecule has 144 valence electrons. The number of hydrogen-bond acceptors (Lipinski definition) is 3. The van der Waals surface area contributed by atoms with Crippen molar-refractivity contribution in [3.05, 3.63) is 59.2 Å². The summed E-state index contributed by atoms with van der Waals surface area (Å²) in [4.78, 5) is 24.4. The fraction of sp³-hybridized carbons (Fsp3) is 0.364. The number of carbonyl (C=O) groups is 2. The highest BCUT2D eigenvalue weighted by Crippen LogP contribution is 2.28. The van der Waals surface area contributed by atoms with Crippen LogP contribution in [0.1, 0.15) is 55.8 Å². The van der Waals surface area contributed by atoms with Crippen LogP contribution in [-0.2, 0) is 9.59 Å². The molecule has 0 aliphatic carbocycles. The van der Waals surface area contributed by atoms with E-state index in [1.165, 1.54) is 6.92 Å². The van der Waals surface area contributed by atoms with Crippen LogP contribution in [0.2, 0.25) is 0 Å². The molecule has 27 heavy (non-hydrogen) atoms. The average Bonchev–Trinajstić information content (AvgIpc) is 2.62. The van der Waals surface area contributed by atoms with E-state index in [0.717, 1.165) is 28.1 Å². The minimum absolute atomic E-state index is 0.138. The smallest absolute Gasteiger partial charge is 0.226 e. The maximum Gasteiger partial charge on any atom is 0.226 e. The molecule has 0 spiro atoms. The molecule has 0 aliphatic rings. The summed E-state index contributed by atoms with van der Waals surface area (Å²) in [6.07, 6.45) is 0.151. The van der Waals surface area contributed by atoms with Crippen molar-refractivity contribution in [2.75, 3.05) is 12.4 Å². The fourth-order valence-corrected chi connectivity index (χ4v) is 3.05. The number of carbonyl (C=O) groups excluding carboxylic acids is 2. The van der Waals surface area contributed by atoms with Gasteiger partial charge in [0.05, 0.1) is 19.6 Å². The monoisotopic (exact) mass is 368 g/mol. The van der Waals surface area contributed by atoms with E-state index >= 15 is 0 Å². The molecule has 5 nitrogen and oxygen atoms in total. The number of anilines is 1. The van der Waals surface area contributed by atoms with Crippen molar-refractivity contribution in [1.29, 1.82) is 0 Å². The van der Waals surface area contributed by atoms with Crippen LogP contribution in [0.25, 0.3) is 0 Å². The minimum Gasteiger partial charge on any atom is -0.497 e. The second kappa shape index (κ2) is 9.21. The molecule has 0 fully saturated rings. The van der Waals surface area contributed by atoms with Crippen LogP contribution in [0.3, 0.4) is 0 Å². The quantitative estimate of drug-likeness (QED) is 0.764. The van der Waals surface area contributed by atoms with Crippen molar-refractivity contribution >= 4 is 17.5 Å². The molecule has 2 amide bonds. The van der Waals surface area contributed by atoms with Gasteiger partial charge in [-0.05, 0) is 41.7 Å². The Morgan fingerprint density at radius 3 is 2.30 bits per heavy atom. The molecule has 0 saturated heterocycles. The van der Waals surface area contributed by atoms with E-state index in [-0.39, 0.29) is 18.2 Å². The zero-order valence-corrected chi connectivity index (χ0v) is 16.6. The molecule has 2 rings (SSSR count). The Hall–Kier alpha value is -2.82. The lowest BCUT2D eigenvalue weighted by Gasteiger charge is -2.20. The van der Waals surface area contributed by atoms with Crippen LogP contribution < -0.4 is 15.4 Å². The summed E-state index contributed by atoms with van der Waals surface area (Å²) in [5, 5.41) is 5.90. The van der Waals surface area contributed by atoms with E-state index in [9.17, 15) is 9.59 Å². The zero-order chi connectivity index (χ0) is 20.0. The summed E-state index contributed by atoms with van der Waals surface area (Å²) in [6.45, 7) is 7.63. The highest BCUT2D eigenvalue weighted by Gasteiger charge is 2.19. The molecular weight excluding hydrogens is 340 g/mol. The summed E-state index contributed by atoms with van der Waals surface area (Å²) < 4.78 is 5.17. The van der Waals surface area contributed by atoms with Gasteiger partial charge in [-0.3, -0.25) is 9.59 Å². The third-order valence-electron chi connectivity index (χ3n) is 4.48. The Morgan fingerprint density at radius 2 is 1.74 bits per heavy atom. The van der Waals surface area contributed by atoms with Crippen LogP contribution in [0.15, 0.2) is 42.5 Å².